The van der Waals surface area contributed by atoms with E-state index in [0.717, 1.165) is 30.6 Å². The Hall–Kier alpha value is -0.590. The highest BCUT2D eigenvalue weighted by Crippen LogP contribution is 2.57. The van der Waals surface area contributed by atoms with E-state index in [-0.39, 0.29) is 0 Å². The van der Waals surface area contributed by atoms with E-state index in [1.165, 1.54) is 36.8 Å². The summed E-state index contributed by atoms with van der Waals surface area (Å²) in [6.45, 7) is 4.36. The zero-order valence-corrected chi connectivity index (χ0v) is 10.5. The maximum atomic E-state index is 12.5. The van der Waals surface area contributed by atoms with Crippen LogP contribution in [0, 0.1) is 23.7 Å². The first-order valence-corrected chi connectivity index (χ1v) is 7.01. The van der Waals surface area contributed by atoms with Gasteiger partial charge in [0.15, 0.2) is 5.78 Å². The van der Waals surface area contributed by atoms with E-state index in [1.807, 2.05) is 0 Å². The SMILES string of the molecule is CCC1=C(CC)C(=O)[C@H]2[C@@H]3CC[C@@H](C3)[C@H]2C1. The molecule has 0 spiro atoms. The van der Waals surface area contributed by atoms with E-state index in [0.29, 0.717) is 11.7 Å². The molecule has 1 nitrogen and oxygen atoms in total. The van der Waals surface area contributed by atoms with Crippen LogP contribution in [0.3, 0.4) is 0 Å². The molecule has 3 aliphatic carbocycles. The highest BCUT2D eigenvalue weighted by molar-refractivity contribution is 5.99. The van der Waals surface area contributed by atoms with Gasteiger partial charge in [0.25, 0.3) is 0 Å². The van der Waals surface area contributed by atoms with Gasteiger partial charge in [-0.25, -0.2) is 0 Å². The molecule has 0 heterocycles. The Balaban J connectivity index is 1.97. The van der Waals surface area contributed by atoms with E-state index in [1.54, 1.807) is 0 Å². The zero-order chi connectivity index (χ0) is 11.3. The van der Waals surface area contributed by atoms with Gasteiger partial charge in [0.2, 0.25) is 0 Å². The third-order valence-corrected chi connectivity index (χ3v) is 5.38. The molecule has 0 amide bonds. The lowest BCUT2D eigenvalue weighted by Gasteiger charge is -2.36. The van der Waals surface area contributed by atoms with Crippen molar-refractivity contribution in [1.82, 2.24) is 0 Å². The molecule has 0 aromatic rings. The quantitative estimate of drug-likeness (QED) is 0.690. The zero-order valence-electron chi connectivity index (χ0n) is 10.5. The lowest BCUT2D eigenvalue weighted by molar-refractivity contribution is -0.123. The molecule has 0 aliphatic heterocycles. The number of hydrogen-bond acceptors (Lipinski definition) is 1. The molecule has 2 bridgehead atoms. The molecule has 1 heteroatoms. The molecule has 0 saturated heterocycles. The van der Waals surface area contributed by atoms with Gasteiger partial charge in [-0.2, -0.15) is 0 Å². The van der Waals surface area contributed by atoms with Crippen molar-refractivity contribution in [3.05, 3.63) is 11.1 Å². The van der Waals surface area contributed by atoms with Gasteiger partial charge in [0.05, 0.1) is 0 Å². The minimum absolute atomic E-state index is 0.434. The first kappa shape index (κ1) is 10.6. The first-order chi connectivity index (χ1) is 7.76. The molecule has 2 saturated carbocycles. The van der Waals surface area contributed by atoms with Crippen LogP contribution in [0.5, 0.6) is 0 Å². The maximum Gasteiger partial charge on any atom is 0.162 e. The van der Waals surface area contributed by atoms with Crippen LogP contribution in [0.15, 0.2) is 11.1 Å². The number of ketones is 1. The number of carbonyl (C=O) groups is 1. The number of carbonyl (C=O) groups excluding carboxylic acids is 1. The van der Waals surface area contributed by atoms with Crippen molar-refractivity contribution in [3.8, 4) is 0 Å². The monoisotopic (exact) mass is 218 g/mol. The van der Waals surface area contributed by atoms with Gasteiger partial charge in [-0.3, -0.25) is 4.79 Å². The predicted octanol–water partition coefficient (Wildman–Crippen LogP) is 3.74. The van der Waals surface area contributed by atoms with Gasteiger partial charge in [-0.05, 0) is 61.9 Å². The molecule has 4 atom stereocenters. The molecule has 2 fully saturated rings. The van der Waals surface area contributed by atoms with E-state index in [4.69, 9.17) is 0 Å². The van der Waals surface area contributed by atoms with Gasteiger partial charge in [0.1, 0.15) is 0 Å². The van der Waals surface area contributed by atoms with Crippen molar-refractivity contribution in [2.75, 3.05) is 0 Å². The Kier molecular flexibility index (Phi) is 2.45. The number of fused-ring (bicyclic) bond motifs is 5. The molecule has 0 aromatic heterocycles. The second-order valence-electron chi connectivity index (χ2n) is 5.88. The van der Waals surface area contributed by atoms with Crippen molar-refractivity contribution in [1.29, 1.82) is 0 Å². The van der Waals surface area contributed by atoms with Crippen LogP contribution in [0.25, 0.3) is 0 Å². The van der Waals surface area contributed by atoms with E-state index < -0.39 is 0 Å². The molecule has 0 unspecified atom stereocenters. The lowest BCUT2D eigenvalue weighted by atomic mass is 9.67. The van der Waals surface area contributed by atoms with Gasteiger partial charge in [-0.1, -0.05) is 19.4 Å². The van der Waals surface area contributed by atoms with Crippen molar-refractivity contribution >= 4 is 5.78 Å². The average molecular weight is 218 g/mol. The van der Waals surface area contributed by atoms with E-state index >= 15 is 0 Å². The molecular formula is C15H22O. The standard InChI is InChI=1S/C15H22O/c1-3-9-8-13-10-5-6-11(7-10)14(13)15(16)12(9)4-2/h10-11,13-14H,3-8H2,1-2H3/t10-,11+,13+,14-/m0/s1. The Morgan fingerprint density at radius 2 is 1.88 bits per heavy atom. The van der Waals surface area contributed by atoms with Crippen molar-refractivity contribution in [2.24, 2.45) is 23.7 Å². The summed E-state index contributed by atoms with van der Waals surface area (Å²) >= 11 is 0. The molecule has 16 heavy (non-hydrogen) atoms. The summed E-state index contributed by atoms with van der Waals surface area (Å²) in [6.07, 6.45) is 7.39. The van der Waals surface area contributed by atoms with Gasteiger partial charge in [0, 0.05) is 5.92 Å². The fourth-order valence-corrected chi connectivity index (χ4v) is 4.68. The van der Waals surface area contributed by atoms with Crippen molar-refractivity contribution < 1.29 is 4.79 Å². The first-order valence-electron chi connectivity index (χ1n) is 7.01. The maximum absolute atomic E-state index is 12.5. The van der Waals surface area contributed by atoms with Gasteiger partial charge in [-0.15, -0.1) is 0 Å². The highest BCUT2D eigenvalue weighted by atomic mass is 16.1. The highest BCUT2D eigenvalue weighted by Gasteiger charge is 2.52. The largest absolute Gasteiger partial charge is 0.294 e. The van der Waals surface area contributed by atoms with Crippen LogP contribution in [-0.4, -0.2) is 5.78 Å². The predicted molar refractivity (Wildman–Crippen MR) is 65.0 cm³/mol. The molecule has 88 valence electrons. The van der Waals surface area contributed by atoms with Crippen LogP contribution in [-0.2, 0) is 4.79 Å². The normalized spacial score (nSPS) is 41.8. The fraction of sp³-hybridized carbons (Fsp3) is 0.800. The smallest absolute Gasteiger partial charge is 0.162 e. The summed E-state index contributed by atoms with van der Waals surface area (Å²) in [4.78, 5) is 12.5. The third-order valence-electron chi connectivity index (χ3n) is 5.38. The number of rotatable bonds is 2. The number of allylic oxidation sites excluding steroid dienone is 2. The van der Waals surface area contributed by atoms with Crippen LogP contribution >= 0.6 is 0 Å². The molecule has 0 aromatic carbocycles. The summed E-state index contributed by atoms with van der Waals surface area (Å²) < 4.78 is 0. The van der Waals surface area contributed by atoms with Gasteiger partial charge < -0.3 is 0 Å². The summed E-state index contributed by atoms with van der Waals surface area (Å²) in [5, 5.41) is 0. The van der Waals surface area contributed by atoms with Crippen LogP contribution < -0.4 is 0 Å². The molecular weight excluding hydrogens is 196 g/mol. The van der Waals surface area contributed by atoms with E-state index in [2.05, 4.69) is 13.8 Å². The third kappa shape index (κ3) is 1.26. The Morgan fingerprint density at radius 3 is 2.56 bits per heavy atom. The summed E-state index contributed by atoms with van der Waals surface area (Å²) in [5.74, 6) is 3.35. The average Bonchev–Trinajstić information content (AvgIpc) is 2.89. The Morgan fingerprint density at radius 1 is 1.12 bits per heavy atom. The van der Waals surface area contributed by atoms with Crippen LogP contribution in [0.2, 0.25) is 0 Å². The van der Waals surface area contributed by atoms with Crippen LogP contribution in [0.4, 0.5) is 0 Å². The summed E-state index contributed by atoms with van der Waals surface area (Å²) in [5.41, 5.74) is 2.69. The van der Waals surface area contributed by atoms with Crippen LogP contribution in [0.1, 0.15) is 52.4 Å². The molecule has 0 N–H and O–H groups in total. The second kappa shape index (κ2) is 3.72. The molecule has 0 radical (unpaired) electrons. The minimum atomic E-state index is 0.434. The fourth-order valence-electron chi connectivity index (χ4n) is 4.68. The topological polar surface area (TPSA) is 17.1 Å². The number of hydrogen-bond donors (Lipinski definition) is 0. The molecule has 3 aliphatic rings. The van der Waals surface area contributed by atoms with E-state index in [9.17, 15) is 4.79 Å². The Labute approximate surface area is 98.3 Å². The van der Waals surface area contributed by atoms with Crippen molar-refractivity contribution in [3.63, 3.8) is 0 Å². The lowest BCUT2D eigenvalue weighted by Crippen LogP contribution is -2.35. The Bertz CT molecular complexity index is 352. The summed E-state index contributed by atoms with van der Waals surface area (Å²) in [7, 11) is 0. The summed E-state index contributed by atoms with van der Waals surface area (Å²) in [6, 6.07) is 0. The number of Topliss-reactive ketones (excluding diaryl/α,β-unsaturated/α-hetero) is 1. The molecule has 3 rings (SSSR count). The minimum Gasteiger partial charge on any atom is -0.294 e. The second-order valence-corrected chi connectivity index (χ2v) is 5.88. The van der Waals surface area contributed by atoms with Gasteiger partial charge >= 0.3 is 0 Å². The van der Waals surface area contributed by atoms with Crippen molar-refractivity contribution in [2.45, 2.75) is 52.4 Å².